The molecule has 0 spiro atoms. The second-order valence-corrected chi connectivity index (χ2v) is 7.02. The summed E-state index contributed by atoms with van der Waals surface area (Å²) in [5.74, 6) is 0.688. The third kappa shape index (κ3) is 6.09. The highest BCUT2D eigenvalue weighted by Crippen LogP contribution is 2.12. The van der Waals surface area contributed by atoms with Gasteiger partial charge in [-0.15, -0.1) is 0 Å². The molecule has 0 saturated carbocycles. The summed E-state index contributed by atoms with van der Waals surface area (Å²) in [6.45, 7) is 5.55. The highest BCUT2D eigenvalue weighted by Gasteiger charge is 2.22. The molecule has 0 radical (unpaired) electrons. The van der Waals surface area contributed by atoms with Crippen molar-refractivity contribution in [1.82, 2.24) is 15.1 Å². The maximum atomic E-state index is 12.3. The lowest BCUT2D eigenvalue weighted by molar-refractivity contribution is -0.135. The van der Waals surface area contributed by atoms with Crippen molar-refractivity contribution in [3.8, 4) is 5.75 Å². The first-order valence-corrected chi connectivity index (χ1v) is 9.60. The van der Waals surface area contributed by atoms with E-state index >= 15 is 0 Å². The van der Waals surface area contributed by atoms with E-state index in [1.54, 1.807) is 4.90 Å². The monoisotopic (exact) mass is 381 g/mol. The molecule has 148 valence electrons. The van der Waals surface area contributed by atoms with Crippen LogP contribution in [0.1, 0.15) is 11.1 Å². The quantitative estimate of drug-likeness (QED) is 0.795. The molecule has 1 aliphatic heterocycles. The van der Waals surface area contributed by atoms with E-state index in [-0.39, 0.29) is 18.4 Å². The van der Waals surface area contributed by atoms with Crippen LogP contribution in [0.15, 0.2) is 54.6 Å². The topological polar surface area (TPSA) is 61.9 Å². The Morgan fingerprint density at radius 3 is 2.32 bits per heavy atom. The van der Waals surface area contributed by atoms with Gasteiger partial charge < -0.3 is 15.0 Å². The van der Waals surface area contributed by atoms with Crippen LogP contribution in [0.4, 0.5) is 0 Å². The summed E-state index contributed by atoms with van der Waals surface area (Å²) in [6.07, 6.45) is 0. The van der Waals surface area contributed by atoms with E-state index in [4.69, 9.17) is 4.74 Å². The summed E-state index contributed by atoms with van der Waals surface area (Å²) in [6, 6.07) is 17.5. The number of carbonyl (C=O) groups is 2. The molecule has 0 aliphatic carbocycles. The molecule has 1 heterocycles. The van der Waals surface area contributed by atoms with Crippen molar-refractivity contribution in [3.63, 3.8) is 0 Å². The maximum Gasteiger partial charge on any atom is 0.260 e. The third-order valence-corrected chi connectivity index (χ3v) is 4.81. The van der Waals surface area contributed by atoms with Crippen LogP contribution in [0.2, 0.25) is 0 Å². The fraction of sp³-hybridized carbons (Fsp3) is 0.364. The number of benzene rings is 2. The largest absolute Gasteiger partial charge is 0.484 e. The van der Waals surface area contributed by atoms with Crippen LogP contribution >= 0.6 is 0 Å². The van der Waals surface area contributed by atoms with Gasteiger partial charge in [0.25, 0.3) is 5.91 Å². The molecule has 1 saturated heterocycles. The van der Waals surface area contributed by atoms with Crippen molar-refractivity contribution in [1.29, 1.82) is 0 Å². The minimum atomic E-state index is -0.0197. The molecular weight excluding hydrogens is 354 g/mol. The summed E-state index contributed by atoms with van der Waals surface area (Å²) in [4.78, 5) is 28.3. The van der Waals surface area contributed by atoms with Gasteiger partial charge in [-0.3, -0.25) is 14.5 Å². The number of nitrogens with zero attached hydrogens (tertiary/aromatic N) is 2. The second-order valence-electron chi connectivity index (χ2n) is 7.02. The lowest BCUT2D eigenvalue weighted by Gasteiger charge is -2.34. The minimum Gasteiger partial charge on any atom is -0.484 e. The molecule has 0 atom stereocenters. The first-order chi connectivity index (χ1) is 13.6. The van der Waals surface area contributed by atoms with Crippen molar-refractivity contribution >= 4 is 11.8 Å². The number of piperazine rings is 1. The normalized spacial score (nSPS) is 14.5. The van der Waals surface area contributed by atoms with Gasteiger partial charge in [-0.05, 0) is 24.6 Å². The van der Waals surface area contributed by atoms with Crippen molar-refractivity contribution in [3.05, 3.63) is 65.7 Å². The van der Waals surface area contributed by atoms with Gasteiger partial charge in [-0.25, -0.2) is 0 Å². The molecule has 1 aliphatic rings. The molecular formula is C22H27N3O3. The van der Waals surface area contributed by atoms with Gasteiger partial charge in [-0.1, -0.05) is 48.0 Å². The zero-order valence-corrected chi connectivity index (χ0v) is 16.3. The molecule has 0 aromatic heterocycles. The van der Waals surface area contributed by atoms with Gasteiger partial charge in [0.05, 0.1) is 6.54 Å². The fourth-order valence-electron chi connectivity index (χ4n) is 3.08. The number of nitrogens with one attached hydrogen (secondary N) is 1. The van der Waals surface area contributed by atoms with E-state index in [1.165, 1.54) is 0 Å². The molecule has 2 aromatic rings. The number of hydrogen-bond acceptors (Lipinski definition) is 4. The molecule has 0 unspecified atom stereocenters. The Labute approximate surface area is 166 Å². The highest BCUT2D eigenvalue weighted by atomic mass is 16.5. The summed E-state index contributed by atoms with van der Waals surface area (Å²) in [7, 11) is 0. The molecule has 2 aromatic carbocycles. The van der Waals surface area contributed by atoms with E-state index in [0.717, 1.165) is 11.1 Å². The molecule has 2 amide bonds. The maximum absolute atomic E-state index is 12.3. The lowest BCUT2D eigenvalue weighted by Crippen LogP contribution is -2.52. The summed E-state index contributed by atoms with van der Waals surface area (Å²) in [5.41, 5.74) is 2.24. The van der Waals surface area contributed by atoms with E-state index in [2.05, 4.69) is 10.2 Å². The fourth-order valence-corrected chi connectivity index (χ4v) is 3.08. The summed E-state index contributed by atoms with van der Waals surface area (Å²) in [5, 5.41) is 2.94. The van der Waals surface area contributed by atoms with Gasteiger partial charge in [0.1, 0.15) is 5.75 Å². The molecule has 0 bridgehead atoms. The van der Waals surface area contributed by atoms with Gasteiger partial charge in [0, 0.05) is 32.7 Å². The first kappa shape index (κ1) is 19.9. The molecule has 6 nitrogen and oxygen atoms in total. The van der Waals surface area contributed by atoms with E-state index in [9.17, 15) is 9.59 Å². The van der Waals surface area contributed by atoms with Crippen molar-refractivity contribution in [2.24, 2.45) is 0 Å². The van der Waals surface area contributed by atoms with Crippen LogP contribution < -0.4 is 10.1 Å². The van der Waals surface area contributed by atoms with Crippen LogP contribution in [0.3, 0.4) is 0 Å². The minimum absolute atomic E-state index is 0.00586. The highest BCUT2D eigenvalue weighted by molar-refractivity contribution is 5.79. The predicted molar refractivity (Wildman–Crippen MR) is 108 cm³/mol. The van der Waals surface area contributed by atoms with Crippen LogP contribution in [0.5, 0.6) is 5.75 Å². The summed E-state index contributed by atoms with van der Waals surface area (Å²) < 4.78 is 5.57. The van der Waals surface area contributed by atoms with Gasteiger partial charge >= 0.3 is 0 Å². The van der Waals surface area contributed by atoms with E-state index in [1.807, 2.05) is 61.5 Å². The second kappa shape index (κ2) is 9.90. The van der Waals surface area contributed by atoms with E-state index < -0.39 is 0 Å². The Morgan fingerprint density at radius 1 is 0.964 bits per heavy atom. The Hall–Kier alpha value is -2.86. The molecule has 1 fully saturated rings. The first-order valence-electron chi connectivity index (χ1n) is 9.60. The molecule has 3 rings (SSSR count). The van der Waals surface area contributed by atoms with Crippen molar-refractivity contribution in [2.45, 2.75) is 13.5 Å². The number of rotatable bonds is 7. The Kier molecular flexibility index (Phi) is 7.03. The van der Waals surface area contributed by atoms with Gasteiger partial charge in [0.2, 0.25) is 5.91 Å². The van der Waals surface area contributed by atoms with Crippen LogP contribution in [0.25, 0.3) is 0 Å². The standard InChI is InChI=1S/C22H27N3O3/c1-18-7-9-20(10-8-18)28-17-22(27)25-13-11-24(12-14-25)16-21(26)23-15-19-5-3-2-4-6-19/h2-10H,11-17H2,1H3,(H,23,26). The predicted octanol–water partition coefficient (Wildman–Crippen LogP) is 1.83. The zero-order chi connectivity index (χ0) is 19.8. The van der Waals surface area contributed by atoms with E-state index in [0.29, 0.717) is 45.0 Å². The number of ether oxygens (including phenoxy) is 1. The number of amides is 2. The van der Waals surface area contributed by atoms with Crippen LogP contribution in [-0.2, 0) is 16.1 Å². The average Bonchev–Trinajstić information content (AvgIpc) is 2.73. The lowest BCUT2D eigenvalue weighted by atomic mass is 10.2. The number of carbonyl (C=O) groups excluding carboxylic acids is 2. The zero-order valence-electron chi connectivity index (χ0n) is 16.3. The molecule has 28 heavy (non-hydrogen) atoms. The Bertz CT molecular complexity index is 769. The number of aryl methyl sites for hydroxylation is 1. The van der Waals surface area contributed by atoms with Gasteiger partial charge in [-0.2, -0.15) is 0 Å². The van der Waals surface area contributed by atoms with Crippen molar-refractivity contribution < 1.29 is 14.3 Å². The molecule has 1 N–H and O–H groups in total. The Morgan fingerprint density at radius 2 is 1.64 bits per heavy atom. The van der Waals surface area contributed by atoms with Crippen molar-refractivity contribution in [2.75, 3.05) is 39.3 Å². The third-order valence-electron chi connectivity index (χ3n) is 4.81. The average molecular weight is 381 g/mol. The number of hydrogen-bond donors (Lipinski definition) is 1. The smallest absolute Gasteiger partial charge is 0.260 e. The van der Waals surface area contributed by atoms with Gasteiger partial charge in [0.15, 0.2) is 6.61 Å². The van der Waals surface area contributed by atoms with Crippen LogP contribution in [-0.4, -0.2) is 60.9 Å². The van der Waals surface area contributed by atoms with Crippen LogP contribution in [0, 0.1) is 6.92 Å². The Balaban J connectivity index is 1.34. The molecule has 6 heteroatoms. The summed E-state index contributed by atoms with van der Waals surface area (Å²) >= 11 is 0. The SMILES string of the molecule is Cc1ccc(OCC(=O)N2CCN(CC(=O)NCc3ccccc3)CC2)cc1.